The zero-order valence-corrected chi connectivity index (χ0v) is 9.69. The number of nitrogens with zero attached hydrogens (tertiary/aromatic N) is 1. The van der Waals surface area contributed by atoms with Crippen molar-refractivity contribution in [3.05, 3.63) is 29.3 Å². The standard InChI is InChI=1S/C12H15N3O2/c1-14-7-11(16)15-5-4-8-2-3-9(12(13)17)6-10(8)15/h2-3,6,14H,4-5,7H2,1H3,(H2,13,17). The minimum absolute atomic E-state index is 0.00729. The number of nitrogens with two attached hydrogens (primary N) is 1. The van der Waals surface area contributed by atoms with Gasteiger partial charge in [0, 0.05) is 17.8 Å². The Morgan fingerprint density at radius 1 is 1.47 bits per heavy atom. The Morgan fingerprint density at radius 2 is 2.24 bits per heavy atom. The summed E-state index contributed by atoms with van der Waals surface area (Å²) in [6.45, 7) is 0.957. The van der Waals surface area contributed by atoms with Gasteiger partial charge in [-0.3, -0.25) is 9.59 Å². The molecule has 0 radical (unpaired) electrons. The number of fused-ring (bicyclic) bond motifs is 1. The van der Waals surface area contributed by atoms with E-state index in [4.69, 9.17) is 5.73 Å². The van der Waals surface area contributed by atoms with Gasteiger partial charge >= 0.3 is 0 Å². The smallest absolute Gasteiger partial charge is 0.248 e. The Balaban J connectivity index is 2.32. The fourth-order valence-corrected chi connectivity index (χ4v) is 2.04. The third kappa shape index (κ3) is 2.14. The highest BCUT2D eigenvalue weighted by Gasteiger charge is 2.24. The van der Waals surface area contributed by atoms with Gasteiger partial charge < -0.3 is 16.0 Å². The number of anilines is 1. The lowest BCUT2D eigenvalue weighted by Crippen LogP contribution is -2.36. The number of carbonyl (C=O) groups excluding carboxylic acids is 2. The van der Waals surface area contributed by atoms with E-state index in [0.29, 0.717) is 18.7 Å². The summed E-state index contributed by atoms with van der Waals surface area (Å²) in [6, 6.07) is 5.26. The summed E-state index contributed by atoms with van der Waals surface area (Å²) in [7, 11) is 1.73. The predicted molar refractivity (Wildman–Crippen MR) is 64.9 cm³/mol. The second-order valence-electron chi connectivity index (χ2n) is 4.03. The van der Waals surface area contributed by atoms with Gasteiger partial charge in [-0.05, 0) is 31.2 Å². The highest BCUT2D eigenvalue weighted by molar-refractivity contribution is 5.99. The van der Waals surface area contributed by atoms with Crippen molar-refractivity contribution < 1.29 is 9.59 Å². The molecule has 0 fully saturated rings. The number of nitrogens with one attached hydrogen (secondary N) is 1. The van der Waals surface area contributed by atoms with Crippen LogP contribution < -0.4 is 16.0 Å². The lowest BCUT2D eigenvalue weighted by atomic mass is 10.1. The monoisotopic (exact) mass is 233 g/mol. The van der Waals surface area contributed by atoms with Gasteiger partial charge in [0.2, 0.25) is 11.8 Å². The summed E-state index contributed by atoms with van der Waals surface area (Å²) in [5, 5.41) is 2.83. The summed E-state index contributed by atoms with van der Waals surface area (Å²) >= 11 is 0. The topological polar surface area (TPSA) is 75.4 Å². The van der Waals surface area contributed by atoms with Gasteiger partial charge in [-0.15, -0.1) is 0 Å². The van der Waals surface area contributed by atoms with E-state index in [9.17, 15) is 9.59 Å². The molecular formula is C12H15N3O2. The first-order valence-corrected chi connectivity index (χ1v) is 5.51. The fourth-order valence-electron chi connectivity index (χ4n) is 2.04. The third-order valence-electron chi connectivity index (χ3n) is 2.89. The average molecular weight is 233 g/mol. The number of amides is 2. The van der Waals surface area contributed by atoms with Crippen molar-refractivity contribution in [3.8, 4) is 0 Å². The van der Waals surface area contributed by atoms with Crippen molar-refractivity contribution in [2.24, 2.45) is 5.73 Å². The Kier molecular flexibility index (Phi) is 3.10. The van der Waals surface area contributed by atoms with Crippen LogP contribution in [0.15, 0.2) is 18.2 Å². The van der Waals surface area contributed by atoms with Crippen molar-refractivity contribution in [2.75, 3.05) is 25.0 Å². The average Bonchev–Trinajstić information content (AvgIpc) is 2.71. The van der Waals surface area contributed by atoms with Gasteiger partial charge in [0.15, 0.2) is 0 Å². The lowest BCUT2D eigenvalue weighted by molar-refractivity contribution is -0.117. The van der Waals surface area contributed by atoms with Crippen LogP contribution in [0, 0.1) is 0 Å². The number of primary amides is 1. The molecule has 2 rings (SSSR count). The Bertz CT molecular complexity index is 471. The molecule has 5 heteroatoms. The van der Waals surface area contributed by atoms with Crippen LogP contribution in [0.4, 0.5) is 5.69 Å². The van der Waals surface area contributed by atoms with E-state index in [1.165, 1.54) is 0 Å². The van der Waals surface area contributed by atoms with Crippen LogP contribution in [0.2, 0.25) is 0 Å². The van der Waals surface area contributed by atoms with Gasteiger partial charge in [-0.25, -0.2) is 0 Å². The van der Waals surface area contributed by atoms with Crippen molar-refractivity contribution in [3.63, 3.8) is 0 Å². The summed E-state index contributed by atoms with van der Waals surface area (Å²) < 4.78 is 0. The Morgan fingerprint density at radius 3 is 2.88 bits per heavy atom. The maximum Gasteiger partial charge on any atom is 0.248 e. The first-order chi connectivity index (χ1) is 8.13. The Hall–Kier alpha value is -1.88. The number of hydrogen-bond donors (Lipinski definition) is 2. The molecule has 90 valence electrons. The lowest BCUT2D eigenvalue weighted by Gasteiger charge is -2.17. The summed E-state index contributed by atoms with van der Waals surface area (Å²) in [5.74, 6) is -0.464. The molecule has 0 aromatic heterocycles. The fraction of sp³-hybridized carbons (Fsp3) is 0.333. The molecule has 3 N–H and O–H groups in total. The maximum absolute atomic E-state index is 11.8. The molecule has 0 saturated heterocycles. The van der Waals surface area contributed by atoms with Crippen LogP contribution in [0.1, 0.15) is 15.9 Å². The maximum atomic E-state index is 11.8. The van der Waals surface area contributed by atoms with E-state index in [-0.39, 0.29) is 5.91 Å². The van der Waals surface area contributed by atoms with Crippen LogP contribution in [0.25, 0.3) is 0 Å². The largest absolute Gasteiger partial charge is 0.366 e. The molecule has 1 aromatic carbocycles. The van der Waals surface area contributed by atoms with Gasteiger partial charge in [0.05, 0.1) is 6.54 Å². The molecule has 1 aromatic rings. The van der Waals surface area contributed by atoms with Gasteiger partial charge in [-0.1, -0.05) is 6.07 Å². The molecule has 0 unspecified atom stereocenters. The van der Waals surface area contributed by atoms with Gasteiger partial charge in [0.1, 0.15) is 0 Å². The normalized spacial score (nSPS) is 13.6. The van der Waals surface area contributed by atoms with E-state index in [0.717, 1.165) is 17.7 Å². The van der Waals surface area contributed by atoms with Gasteiger partial charge in [0.25, 0.3) is 0 Å². The molecule has 1 aliphatic heterocycles. The molecule has 5 nitrogen and oxygen atoms in total. The number of hydrogen-bond acceptors (Lipinski definition) is 3. The number of carbonyl (C=O) groups is 2. The molecular weight excluding hydrogens is 218 g/mol. The molecule has 1 heterocycles. The van der Waals surface area contributed by atoms with Crippen LogP contribution in [0.5, 0.6) is 0 Å². The van der Waals surface area contributed by atoms with E-state index >= 15 is 0 Å². The minimum atomic E-state index is -0.472. The number of rotatable bonds is 3. The minimum Gasteiger partial charge on any atom is -0.366 e. The summed E-state index contributed by atoms with van der Waals surface area (Å²) in [6.07, 6.45) is 0.823. The van der Waals surface area contributed by atoms with E-state index in [2.05, 4.69) is 5.32 Å². The molecule has 17 heavy (non-hydrogen) atoms. The zero-order valence-electron chi connectivity index (χ0n) is 9.69. The summed E-state index contributed by atoms with van der Waals surface area (Å²) in [5.41, 5.74) is 7.56. The molecule has 0 atom stereocenters. The zero-order chi connectivity index (χ0) is 12.4. The quantitative estimate of drug-likeness (QED) is 0.765. The van der Waals surface area contributed by atoms with Gasteiger partial charge in [-0.2, -0.15) is 0 Å². The van der Waals surface area contributed by atoms with Crippen LogP contribution >= 0.6 is 0 Å². The highest BCUT2D eigenvalue weighted by Crippen LogP contribution is 2.28. The summed E-state index contributed by atoms with van der Waals surface area (Å²) in [4.78, 5) is 24.6. The van der Waals surface area contributed by atoms with Crippen LogP contribution in [0.3, 0.4) is 0 Å². The SMILES string of the molecule is CNCC(=O)N1CCc2ccc(C(N)=O)cc21. The second-order valence-corrected chi connectivity index (χ2v) is 4.03. The molecule has 0 aliphatic carbocycles. The molecule has 0 spiro atoms. The predicted octanol–water partition coefficient (Wildman–Crippen LogP) is -0.106. The molecule has 2 amide bonds. The van der Waals surface area contributed by atoms with Crippen molar-refractivity contribution in [2.45, 2.75) is 6.42 Å². The first-order valence-electron chi connectivity index (χ1n) is 5.51. The van der Waals surface area contributed by atoms with Crippen LogP contribution in [-0.2, 0) is 11.2 Å². The van der Waals surface area contributed by atoms with Crippen molar-refractivity contribution in [1.82, 2.24) is 5.32 Å². The van der Waals surface area contributed by atoms with E-state index < -0.39 is 5.91 Å². The number of benzene rings is 1. The van der Waals surface area contributed by atoms with Crippen molar-refractivity contribution in [1.29, 1.82) is 0 Å². The molecule has 0 bridgehead atoms. The van der Waals surface area contributed by atoms with Crippen molar-refractivity contribution >= 4 is 17.5 Å². The molecule has 1 aliphatic rings. The van der Waals surface area contributed by atoms with Crippen LogP contribution in [-0.4, -0.2) is 32.0 Å². The van der Waals surface area contributed by atoms with E-state index in [1.807, 2.05) is 6.07 Å². The number of likely N-dealkylation sites (N-methyl/N-ethyl adjacent to an activating group) is 1. The van der Waals surface area contributed by atoms with E-state index in [1.54, 1.807) is 24.1 Å². The molecule has 0 saturated carbocycles. The first kappa shape index (κ1) is 11.6. The third-order valence-corrected chi connectivity index (χ3v) is 2.89. The second kappa shape index (κ2) is 4.55. The Labute approximate surface area is 99.6 Å². The highest BCUT2D eigenvalue weighted by atomic mass is 16.2.